The van der Waals surface area contributed by atoms with Gasteiger partial charge in [0.25, 0.3) is 5.91 Å². The summed E-state index contributed by atoms with van der Waals surface area (Å²) in [6, 6.07) is 19.7. The SMILES string of the molecule is O=C(NNc1ccc(F)nc1)c1cc(-c2ccc(F)cc2)nn1Cc1ccccc1. The Hall–Kier alpha value is -4.07. The minimum Gasteiger partial charge on any atom is -0.297 e. The van der Waals surface area contributed by atoms with Gasteiger partial charge in [0.05, 0.1) is 24.1 Å². The van der Waals surface area contributed by atoms with Crippen LogP contribution in [0.15, 0.2) is 79.0 Å². The van der Waals surface area contributed by atoms with E-state index < -0.39 is 11.9 Å². The summed E-state index contributed by atoms with van der Waals surface area (Å²) in [7, 11) is 0. The average Bonchev–Trinajstić information content (AvgIpc) is 3.18. The molecule has 0 radical (unpaired) electrons. The molecule has 2 aromatic carbocycles. The van der Waals surface area contributed by atoms with Crippen LogP contribution in [0.1, 0.15) is 16.1 Å². The number of amides is 1. The van der Waals surface area contributed by atoms with Crippen molar-refractivity contribution in [2.45, 2.75) is 6.54 Å². The topological polar surface area (TPSA) is 71.8 Å². The molecule has 2 aromatic heterocycles. The van der Waals surface area contributed by atoms with Gasteiger partial charge in [-0.3, -0.25) is 20.3 Å². The summed E-state index contributed by atoms with van der Waals surface area (Å²) in [6.45, 7) is 0.378. The highest BCUT2D eigenvalue weighted by molar-refractivity contribution is 5.94. The second kappa shape index (κ2) is 8.52. The molecule has 30 heavy (non-hydrogen) atoms. The van der Waals surface area contributed by atoms with Gasteiger partial charge in [-0.05, 0) is 48.0 Å². The first-order valence-electron chi connectivity index (χ1n) is 9.14. The van der Waals surface area contributed by atoms with Crippen LogP contribution in [-0.2, 0) is 6.54 Å². The van der Waals surface area contributed by atoms with Crippen LogP contribution in [0, 0.1) is 11.8 Å². The van der Waals surface area contributed by atoms with E-state index in [1.54, 1.807) is 22.9 Å². The molecule has 150 valence electrons. The lowest BCUT2D eigenvalue weighted by molar-refractivity contribution is 0.0952. The van der Waals surface area contributed by atoms with Crippen molar-refractivity contribution in [1.29, 1.82) is 0 Å². The summed E-state index contributed by atoms with van der Waals surface area (Å²) in [5.74, 6) is -1.40. The van der Waals surface area contributed by atoms with Crippen molar-refractivity contribution in [3.63, 3.8) is 0 Å². The standard InChI is InChI=1S/C22H17F2N5O/c23-17-8-6-16(7-9-17)19-12-20(29(28-19)14-15-4-2-1-3-5-15)22(30)27-26-18-10-11-21(24)25-13-18/h1-13,26H,14H2,(H,27,30). The van der Waals surface area contributed by atoms with Gasteiger partial charge in [-0.2, -0.15) is 9.49 Å². The van der Waals surface area contributed by atoms with Crippen molar-refractivity contribution in [3.8, 4) is 11.3 Å². The number of nitrogens with zero attached hydrogens (tertiary/aromatic N) is 3. The Labute approximate surface area is 171 Å². The molecule has 0 saturated carbocycles. The van der Waals surface area contributed by atoms with E-state index in [4.69, 9.17) is 0 Å². The molecule has 2 heterocycles. The van der Waals surface area contributed by atoms with Crippen molar-refractivity contribution in [2.75, 3.05) is 5.43 Å². The van der Waals surface area contributed by atoms with Crippen LogP contribution in [0.5, 0.6) is 0 Å². The van der Waals surface area contributed by atoms with Crippen LogP contribution in [0.3, 0.4) is 0 Å². The average molecular weight is 405 g/mol. The summed E-state index contributed by atoms with van der Waals surface area (Å²) >= 11 is 0. The number of hydrogen-bond donors (Lipinski definition) is 2. The molecule has 6 nitrogen and oxygen atoms in total. The van der Waals surface area contributed by atoms with Crippen molar-refractivity contribution < 1.29 is 13.6 Å². The highest BCUT2D eigenvalue weighted by Gasteiger charge is 2.17. The molecular weight excluding hydrogens is 388 g/mol. The molecule has 4 rings (SSSR count). The third-order valence-electron chi connectivity index (χ3n) is 4.38. The zero-order chi connectivity index (χ0) is 20.9. The van der Waals surface area contributed by atoms with Gasteiger partial charge in [0.1, 0.15) is 11.5 Å². The van der Waals surface area contributed by atoms with E-state index in [9.17, 15) is 13.6 Å². The smallest absolute Gasteiger partial charge is 0.287 e. The zero-order valence-electron chi connectivity index (χ0n) is 15.7. The largest absolute Gasteiger partial charge is 0.297 e. The number of carbonyl (C=O) groups is 1. The van der Waals surface area contributed by atoms with E-state index in [0.29, 0.717) is 29.2 Å². The molecule has 0 aliphatic heterocycles. The fourth-order valence-electron chi connectivity index (χ4n) is 2.88. The lowest BCUT2D eigenvalue weighted by Gasteiger charge is -2.10. The van der Waals surface area contributed by atoms with Crippen molar-refractivity contribution >= 4 is 11.6 Å². The number of anilines is 1. The molecule has 0 fully saturated rings. The predicted octanol–water partition coefficient (Wildman–Crippen LogP) is 4.03. The van der Waals surface area contributed by atoms with Gasteiger partial charge in [0.2, 0.25) is 5.95 Å². The summed E-state index contributed by atoms with van der Waals surface area (Å²) in [5.41, 5.74) is 8.19. The summed E-state index contributed by atoms with van der Waals surface area (Å²) in [5, 5.41) is 4.54. The van der Waals surface area contributed by atoms with Crippen LogP contribution in [-0.4, -0.2) is 20.7 Å². The number of benzene rings is 2. The molecule has 0 spiro atoms. The minimum atomic E-state index is -0.614. The lowest BCUT2D eigenvalue weighted by atomic mass is 10.1. The number of rotatable bonds is 6. The van der Waals surface area contributed by atoms with Crippen LogP contribution >= 0.6 is 0 Å². The van der Waals surface area contributed by atoms with Crippen LogP contribution in [0.25, 0.3) is 11.3 Å². The number of pyridine rings is 1. The lowest BCUT2D eigenvalue weighted by Crippen LogP contribution is -2.31. The Morgan fingerprint density at radius 1 is 0.967 bits per heavy atom. The van der Waals surface area contributed by atoms with Gasteiger partial charge in [0, 0.05) is 5.56 Å². The Morgan fingerprint density at radius 3 is 2.43 bits per heavy atom. The quantitative estimate of drug-likeness (QED) is 0.375. The number of nitrogens with one attached hydrogen (secondary N) is 2. The Bertz CT molecular complexity index is 1140. The molecular formula is C22H17F2N5O. The maximum absolute atomic E-state index is 13.3. The molecule has 0 aliphatic rings. The fraction of sp³-hybridized carbons (Fsp3) is 0.0455. The molecule has 0 bridgehead atoms. The zero-order valence-corrected chi connectivity index (χ0v) is 15.7. The fourth-order valence-corrected chi connectivity index (χ4v) is 2.88. The first kappa shape index (κ1) is 19.3. The first-order chi connectivity index (χ1) is 14.6. The Morgan fingerprint density at radius 2 is 1.73 bits per heavy atom. The molecule has 8 heteroatoms. The van der Waals surface area contributed by atoms with Gasteiger partial charge in [-0.1, -0.05) is 30.3 Å². The predicted molar refractivity (Wildman–Crippen MR) is 108 cm³/mol. The van der Waals surface area contributed by atoms with E-state index in [-0.39, 0.29) is 5.82 Å². The maximum atomic E-state index is 13.3. The van der Waals surface area contributed by atoms with Gasteiger partial charge < -0.3 is 0 Å². The highest BCUT2D eigenvalue weighted by atomic mass is 19.1. The van der Waals surface area contributed by atoms with Gasteiger partial charge >= 0.3 is 0 Å². The molecule has 0 unspecified atom stereocenters. The number of carbonyl (C=O) groups excluding carboxylic acids is 1. The number of hydrogen-bond acceptors (Lipinski definition) is 4. The third kappa shape index (κ3) is 4.49. The second-order valence-corrected chi connectivity index (χ2v) is 6.51. The molecule has 4 aromatic rings. The third-order valence-corrected chi connectivity index (χ3v) is 4.38. The van der Waals surface area contributed by atoms with E-state index in [0.717, 1.165) is 5.56 Å². The van der Waals surface area contributed by atoms with Crippen LogP contribution in [0.2, 0.25) is 0 Å². The van der Waals surface area contributed by atoms with Gasteiger partial charge in [0.15, 0.2) is 0 Å². The molecule has 0 atom stereocenters. The molecule has 0 saturated heterocycles. The normalized spacial score (nSPS) is 10.6. The molecule has 2 N–H and O–H groups in total. The van der Waals surface area contributed by atoms with E-state index in [1.807, 2.05) is 30.3 Å². The summed E-state index contributed by atoms with van der Waals surface area (Å²) in [6.07, 6.45) is 1.26. The van der Waals surface area contributed by atoms with Crippen LogP contribution in [0.4, 0.5) is 14.5 Å². The minimum absolute atomic E-state index is 0.306. The number of hydrazine groups is 1. The van der Waals surface area contributed by atoms with E-state index >= 15 is 0 Å². The molecule has 0 aliphatic carbocycles. The first-order valence-corrected chi connectivity index (χ1v) is 9.14. The Balaban J connectivity index is 1.60. The van der Waals surface area contributed by atoms with Crippen molar-refractivity contribution in [2.24, 2.45) is 0 Å². The van der Waals surface area contributed by atoms with Gasteiger partial charge in [-0.15, -0.1) is 0 Å². The number of aromatic nitrogens is 3. The summed E-state index contributed by atoms with van der Waals surface area (Å²) in [4.78, 5) is 16.3. The summed E-state index contributed by atoms with van der Waals surface area (Å²) < 4.78 is 27.8. The van der Waals surface area contributed by atoms with Gasteiger partial charge in [-0.25, -0.2) is 9.37 Å². The monoisotopic (exact) mass is 405 g/mol. The van der Waals surface area contributed by atoms with Crippen LogP contribution < -0.4 is 10.9 Å². The maximum Gasteiger partial charge on any atom is 0.287 e. The van der Waals surface area contributed by atoms with E-state index in [2.05, 4.69) is 20.9 Å². The van der Waals surface area contributed by atoms with Crippen molar-refractivity contribution in [1.82, 2.24) is 20.2 Å². The highest BCUT2D eigenvalue weighted by Crippen LogP contribution is 2.20. The second-order valence-electron chi connectivity index (χ2n) is 6.51. The number of halogens is 2. The molecule has 1 amide bonds. The van der Waals surface area contributed by atoms with Crippen molar-refractivity contribution in [3.05, 3.63) is 102 Å². The Kier molecular flexibility index (Phi) is 5.47. The van der Waals surface area contributed by atoms with E-state index in [1.165, 1.54) is 30.5 Å².